The quantitative estimate of drug-likeness (QED) is 0.442. The van der Waals surface area contributed by atoms with Gasteiger partial charge in [-0.25, -0.2) is 4.68 Å². The molecule has 0 bridgehead atoms. The van der Waals surface area contributed by atoms with Crippen LogP contribution in [0.5, 0.6) is 0 Å². The molecule has 0 aliphatic rings. The molecule has 0 N–H and O–H groups in total. The molecule has 0 saturated heterocycles. The summed E-state index contributed by atoms with van der Waals surface area (Å²) in [5.74, 6) is 0. The number of aromatic nitrogens is 3. The largest absolute Gasteiger partial charge is 0.248 e. The predicted octanol–water partition coefficient (Wildman–Crippen LogP) is -0.709. The second kappa shape index (κ2) is 2.11. The van der Waals surface area contributed by atoms with E-state index < -0.39 is 0 Å². The Hall–Kier alpha value is -0.795. The van der Waals surface area contributed by atoms with Crippen LogP contribution in [-0.4, -0.2) is 22.8 Å². The molecule has 0 aliphatic heterocycles. The topological polar surface area (TPSA) is 30.7 Å². The van der Waals surface area contributed by atoms with Gasteiger partial charge in [0.15, 0.2) is 7.85 Å². The molecule has 4 heteroatoms. The molecule has 0 saturated carbocycles. The van der Waals surface area contributed by atoms with Crippen molar-refractivity contribution in [3.05, 3.63) is 6.20 Å². The minimum atomic E-state index is 0.0568. The molecule has 54 valence electrons. The van der Waals surface area contributed by atoms with Crippen molar-refractivity contribution in [2.24, 2.45) is 0 Å². The summed E-state index contributed by atoms with van der Waals surface area (Å²) < 4.78 is 1.86. The fraction of sp³-hybridized carbons (Fsp3) is 0.667. The number of hydrogen-bond donors (Lipinski definition) is 0. The molecular formula is C6H12BN3. The van der Waals surface area contributed by atoms with Gasteiger partial charge < -0.3 is 0 Å². The van der Waals surface area contributed by atoms with Gasteiger partial charge in [0.2, 0.25) is 0 Å². The van der Waals surface area contributed by atoms with E-state index in [1.807, 2.05) is 18.7 Å². The third-order valence-electron chi connectivity index (χ3n) is 1.30. The second-order valence-electron chi connectivity index (χ2n) is 3.48. The average molecular weight is 137 g/mol. The van der Waals surface area contributed by atoms with E-state index in [-0.39, 0.29) is 5.54 Å². The Kier molecular flexibility index (Phi) is 1.54. The zero-order valence-corrected chi connectivity index (χ0v) is 6.92. The maximum absolute atomic E-state index is 3.95. The normalized spacial score (nSPS) is 11.9. The summed E-state index contributed by atoms with van der Waals surface area (Å²) in [5.41, 5.74) is 1.02. The summed E-state index contributed by atoms with van der Waals surface area (Å²) in [4.78, 5) is 0. The first-order valence-electron chi connectivity index (χ1n) is 3.39. The number of rotatable bonds is 0. The molecule has 3 nitrogen and oxygen atoms in total. The lowest BCUT2D eigenvalue weighted by atomic mass is 10.1. The van der Waals surface area contributed by atoms with Crippen molar-refractivity contribution in [3.63, 3.8) is 0 Å². The van der Waals surface area contributed by atoms with Gasteiger partial charge in [-0.05, 0) is 20.8 Å². The van der Waals surface area contributed by atoms with Gasteiger partial charge in [0.25, 0.3) is 0 Å². The smallest absolute Gasteiger partial charge is 0.168 e. The second-order valence-corrected chi connectivity index (χ2v) is 3.48. The van der Waals surface area contributed by atoms with E-state index in [4.69, 9.17) is 0 Å². The summed E-state index contributed by atoms with van der Waals surface area (Å²) in [6, 6.07) is 0. The molecule has 1 aromatic rings. The van der Waals surface area contributed by atoms with Crippen molar-refractivity contribution in [3.8, 4) is 0 Å². The van der Waals surface area contributed by atoms with Crippen LogP contribution in [0, 0.1) is 0 Å². The molecule has 0 atom stereocenters. The molecule has 0 unspecified atom stereocenters. The van der Waals surface area contributed by atoms with Gasteiger partial charge in [-0.2, -0.15) is 0 Å². The van der Waals surface area contributed by atoms with E-state index in [1.165, 1.54) is 0 Å². The van der Waals surface area contributed by atoms with Gasteiger partial charge in [0, 0.05) is 11.8 Å². The van der Waals surface area contributed by atoms with Gasteiger partial charge in [-0.15, -0.1) is 5.10 Å². The van der Waals surface area contributed by atoms with Crippen molar-refractivity contribution in [1.29, 1.82) is 0 Å². The van der Waals surface area contributed by atoms with Crippen LogP contribution in [0.2, 0.25) is 0 Å². The SMILES string of the molecule is Bc1cn(C(C)(C)C)nn1. The van der Waals surface area contributed by atoms with E-state index in [9.17, 15) is 0 Å². The first-order valence-corrected chi connectivity index (χ1v) is 3.39. The Labute approximate surface area is 61.8 Å². The fourth-order valence-electron chi connectivity index (χ4n) is 0.675. The number of nitrogens with zero attached hydrogens (tertiary/aromatic N) is 3. The lowest BCUT2D eigenvalue weighted by Crippen LogP contribution is -2.22. The molecule has 0 aliphatic carbocycles. The minimum absolute atomic E-state index is 0.0568. The lowest BCUT2D eigenvalue weighted by Gasteiger charge is -2.17. The van der Waals surface area contributed by atoms with E-state index in [1.54, 1.807) is 0 Å². The van der Waals surface area contributed by atoms with Crippen LogP contribution in [0.3, 0.4) is 0 Å². The van der Waals surface area contributed by atoms with Crippen molar-refractivity contribution < 1.29 is 0 Å². The maximum atomic E-state index is 3.95. The monoisotopic (exact) mass is 137 g/mol. The summed E-state index contributed by atoms with van der Waals surface area (Å²) in [6.07, 6.45) is 1.94. The highest BCUT2D eigenvalue weighted by Gasteiger charge is 2.13. The Morgan fingerprint density at radius 2 is 2.10 bits per heavy atom. The molecule has 1 rings (SSSR count). The Bertz CT molecular complexity index is 223. The predicted molar refractivity (Wildman–Crippen MR) is 43.2 cm³/mol. The summed E-state index contributed by atoms with van der Waals surface area (Å²) in [7, 11) is 1.94. The van der Waals surface area contributed by atoms with E-state index >= 15 is 0 Å². The maximum Gasteiger partial charge on any atom is 0.168 e. The Morgan fingerprint density at radius 3 is 2.30 bits per heavy atom. The van der Waals surface area contributed by atoms with Gasteiger partial charge in [-0.3, -0.25) is 0 Å². The molecule has 0 radical (unpaired) electrons. The third kappa shape index (κ3) is 1.37. The van der Waals surface area contributed by atoms with Crippen LogP contribution in [0.15, 0.2) is 6.20 Å². The van der Waals surface area contributed by atoms with Crippen LogP contribution >= 0.6 is 0 Å². The molecule has 0 fully saturated rings. The molecule has 1 heterocycles. The highest BCUT2D eigenvalue weighted by atomic mass is 15.4. The van der Waals surface area contributed by atoms with Gasteiger partial charge in [-0.1, -0.05) is 5.21 Å². The average Bonchev–Trinajstić information content (AvgIpc) is 2.11. The first-order chi connectivity index (χ1) is 4.50. The van der Waals surface area contributed by atoms with Crippen LogP contribution in [-0.2, 0) is 5.54 Å². The molecule has 0 aromatic carbocycles. The van der Waals surface area contributed by atoms with Gasteiger partial charge >= 0.3 is 0 Å². The van der Waals surface area contributed by atoms with Gasteiger partial charge in [0.05, 0.1) is 5.54 Å². The lowest BCUT2D eigenvalue weighted by molar-refractivity contribution is 0.347. The van der Waals surface area contributed by atoms with Crippen LogP contribution in [0.1, 0.15) is 20.8 Å². The van der Waals surface area contributed by atoms with Crippen molar-refractivity contribution in [1.82, 2.24) is 15.0 Å². The standard InChI is InChI=1S/C6H12BN3/c1-6(2,3)10-4-5(7)8-9-10/h4H,7H2,1-3H3. The fourth-order valence-corrected chi connectivity index (χ4v) is 0.675. The zero-order valence-electron chi connectivity index (χ0n) is 6.92. The van der Waals surface area contributed by atoms with E-state index in [0.717, 1.165) is 5.59 Å². The third-order valence-corrected chi connectivity index (χ3v) is 1.30. The van der Waals surface area contributed by atoms with Crippen molar-refractivity contribution in [2.75, 3.05) is 0 Å². The first kappa shape index (κ1) is 7.31. The minimum Gasteiger partial charge on any atom is -0.248 e. The highest BCUT2D eigenvalue weighted by Crippen LogP contribution is 2.08. The molecule has 10 heavy (non-hydrogen) atoms. The summed E-state index contributed by atoms with van der Waals surface area (Å²) in [6.45, 7) is 6.30. The van der Waals surface area contributed by atoms with Crippen molar-refractivity contribution in [2.45, 2.75) is 26.3 Å². The molecule has 1 aromatic heterocycles. The van der Waals surface area contributed by atoms with Crippen molar-refractivity contribution >= 4 is 13.4 Å². The van der Waals surface area contributed by atoms with E-state index in [0.29, 0.717) is 0 Å². The Balaban J connectivity index is 2.96. The van der Waals surface area contributed by atoms with Gasteiger partial charge in [0.1, 0.15) is 0 Å². The summed E-state index contributed by atoms with van der Waals surface area (Å²) >= 11 is 0. The van der Waals surface area contributed by atoms with Crippen LogP contribution < -0.4 is 5.59 Å². The van der Waals surface area contributed by atoms with E-state index in [2.05, 4.69) is 31.1 Å². The highest BCUT2D eigenvalue weighted by molar-refractivity contribution is 6.30. The van der Waals surface area contributed by atoms with Crippen LogP contribution in [0.4, 0.5) is 0 Å². The number of hydrogen-bond acceptors (Lipinski definition) is 2. The molecule has 0 spiro atoms. The zero-order chi connectivity index (χ0) is 7.78. The summed E-state index contributed by atoms with van der Waals surface area (Å²) in [5, 5.41) is 7.85. The molecular weight excluding hydrogens is 125 g/mol. The van der Waals surface area contributed by atoms with Crippen LogP contribution in [0.25, 0.3) is 0 Å². The Morgan fingerprint density at radius 1 is 1.50 bits per heavy atom. The molecule has 0 amide bonds.